The maximum Gasteiger partial charge on any atom is 0.151 e. The molecular formula is C16H22FN3O. The van der Waals surface area contributed by atoms with E-state index in [-0.39, 0.29) is 5.82 Å². The van der Waals surface area contributed by atoms with Crippen LogP contribution in [0.1, 0.15) is 30.9 Å². The summed E-state index contributed by atoms with van der Waals surface area (Å²) in [6.07, 6.45) is 0. The predicted molar refractivity (Wildman–Crippen MR) is 80.0 cm³/mol. The van der Waals surface area contributed by atoms with Gasteiger partial charge in [-0.3, -0.25) is 4.90 Å². The molecule has 4 nitrogen and oxygen atoms in total. The SMILES string of the molecule is CC(C)NCc1cc(CN(C)Cc2cccc(F)c2)on1. The fourth-order valence-electron chi connectivity index (χ4n) is 2.09. The number of nitrogens with one attached hydrogen (secondary N) is 1. The van der Waals surface area contributed by atoms with Gasteiger partial charge in [0.2, 0.25) is 0 Å². The minimum absolute atomic E-state index is 0.206. The second-order valence-electron chi connectivity index (χ2n) is 5.62. The van der Waals surface area contributed by atoms with E-state index >= 15 is 0 Å². The van der Waals surface area contributed by atoms with Gasteiger partial charge in [-0.15, -0.1) is 0 Å². The Kier molecular flexibility index (Phi) is 5.47. The molecule has 1 heterocycles. The van der Waals surface area contributed by atoms with Crippen LogP contribution in [0.5, 0.6) is 0 Å². The maximum atomic E-state index is 13.1. The molecule has 0 radical (unpaired) electrons. The standard InChI is InChI=1S/C16H22FN3O/c1-12(2)18-9-15-8-16(21-19-15)11-20(3)10-13-5-4-6-14(17)7-13/h4-8,12,18H,9-11H2,1-3H3. The van der Waals surface area contributed by atoms with Crippen molar-refractivity contribution < 1.29 is 8.91 Å². The third-order valence-electron chi connectivity index (χ3n) is 3.07. The Balaban J connectivity index is 1.86. The van der Waals surface area contributed by atoms with Crippen LogP contribution in [0.4, 0.5) is 4.39 Å². The van der Waals surface area contributed by atoms with Crippen LogP contribution in [-0.2, 0) is 19.6 Å². The van der Waals surface area contributed by atoms with Crippen LogP contribution >= 0.6 is 0 Å². The molecule has 21 heavy (non-hydrogen) atoms. The van der Waals surface area contributed by atoms with E-state index < -0.39 is 0 Å². The van der Waals surface area contributed by atoms with Crippen molar-refractivity contribution in [1.29, 1.82) is 0 Å². The molecule has 5 heteroatoms. The van der Waals surface area contributed by atoms with Crippen LogP contribution in [-0.4, -0.2) is 23.1 Å². The van der Waals surface area contributed by atoms with Crippen LogP contribution in [0.15, 0.2) is 34.9 Å². The molecule has 0 saturated carbocycles. The highest BCUT2D eigenvalue weighted by Gasteiger charge is 2.08. The van der Waals surface area contributed by atoms with Crippen LogP contribution in [0.3, 0.4) is 0 Å². The lowest BCUT2D eigenvalue weighted by molar-refractivity contribution is 0.265. The predicted octanol–water partition coefficient (Wildman–Crippen LogP) is 2.94. The maximum absolute atomic E-state index is 13.1. The third kappa shape index (κ3) is 5.28. The molecule has 0 fully saturated rings. The van der Waals surface area contributed by atoms with Crippen molar-refractivity contribution in [3.8, 4) is 0 Å². The summed E-state index contributed by atoms with van der Waals surface area (Å²) in [6, 6.07) is 9.02. The Bertz CT molecular complexity index is 568. The van der Waals surface area contributed by atoms with Crippen molar-refractivity contribution in [3.63, 3.8) is 0 Å². The van der Waals surface area contributed by atoms with Crippen LogP contribution in [0.2, 0.25) is 0 Å². The molecule has 2 rings (SSSR count). The average molecular weight is 291 g/mol. The summed E-state index contributed by atoms with van der Waals surface area (Å²) >= 11 is 0. The molecule has 0 saturated heterocycles. The second kappa shape index (κ2) is 7.33. The number of hydrogen-bond acceptors (Lipinski definition) is 4. The lowest BCUT2D eigenvalue weighted by Crippen LogP contribution is -2.21. The fourth-order valence-corrected chi connectivity index (χ4v) is 2.09. The van der Waals surface area contributed by atoms with E-state index in [1.807, 2.05) is 19.2 Å². The highest BCUT2D eigenvalue weighted by atomic mass is 19.1. The summed E-state index contributed by atoms with van der Waals surface area (Å²) < 4.78 is 18.5. The molecule has 0 unspecified atom stereocenters. The molecule has 1 aromatic carbocycles. The molecule has 0 amide bonds. The highest BCUT2D eigenvalue weighted by Crippen LogP contribution is 2.11. The number of benzene rings is 1. The van der Waals surface area contributed by atoms with Crippen LogP contribution < -0.4 is 5.32 Å². The molecule has 0 atom stereocenters. The van der Waals surface area contributed by atoms with Gasteiger partial charge in [0, 0.05) is 25.2 Å². The lowest BCUT2D eigenvalue weighted by atomic mass is 10.2. The first kappa shape index (κ1) is 15.7. The Morgan fingerprint density at radius 1 is 1.29 bits per heavy atom. The van der Waals surface area contributed by atoms with Crippen molar-refractivity contribution in [1.82, 2.24) is 15.4 Å². The number of hydrogen-bond donors (Lipinski definition) is 1. The van der Waals surface area contributed by atoms with Crippen molar-refractivity contribution in [2.75, 3.05) is 7.05 Å². The van der Waals surface area contributed by atoms with Gasteiger partial charge in [0.15, 0.2) is 5.76 Å². The topological polar surface area (TPSA) is 41.3 Å². The summed E-state index contributed by atoms with van der Waals surface area (Å²) in [5, 5.41) is 7.33. The number of rotatable bonds is 7. The first-order valence-corrected chi connectivity index (χ1v) is 7.14. The zero-order chi connectivity index (χ0) is 15.2. The van der Waals surface area contributed by atoms with Gasteiger partial charge in [-0.1, -0.05) is 31.1 Å². The summed E-state index contributed by atoms with van der Waals surface area (Å²) in [7, 11) is 1.97. The molecule has 0 bridgehead atoms. The molecule has 0 spiro atoms. The van der Waals surface area contributed by atoms with E-state index in [0.717, 1.165) is 17.0 Å². The molecule has 0 aliphatic rings. The number of halogens is 1. The average Bonchev–Trinajstić information content (AvgIpc) is 2.83. The van der Waals surface area contributed by atoms with Gasteiger partial charge in [-0.2, -0.15) is 0 Å². The normalized spacial score (nSPS) is 11.5. The molecular weight excluding hydrogens is 269 g/mol. The van der Waals surface area contributed by atoms with Crippen LogP contribution in [0, 0.1) is 5.82 Å². The van der Waals surface area contributed by atoms with Gasteiger partial charge < -0.3 is 9.84 Å². The Hall–Kier alpha value is -1.72. The first-order valence-electron chi connectivity index (χ1n) is 7.14. The zero-order valence-corrected chi connectivity index (χ0v) is 12.8. The summed E-state index contributed by atoms with van der Waals surface area (Å²) in [5.74, 6) is 0.608. The molecule has 2 aromatic rings. The molecule has 1 N–H and O–H groups in total. The number of aromatic nitrogens is 1. The van der Waals surface area contributed by atoms with E-state index in [0.29, 0.717) is 25.7 Å². The monoisotopic (exact) mass is 291 g/mol. The van der Waals surface area contributed by atoms with Gasteiger partial charge in [0.25, 0.3) is 0 Å². The second-order valence-corrected chi connectivity index (χ2v) is 5.62. The Morgan fingerprint density at radius 3 is 2.81 bits per heavy atom. The molecule has 114 valence electrons. The molecule has 0 aliphatic heterocycles. The third-order valence-corrected chi connectivity index (χ3v) is 3.07. The zero-order valence-electron chi connectivity index (χ0n) is 12.8. The summed E-state index contributed by atoms with van der Waals surface area (Å²) in [5.41, 5.74) is 1.84. The van der Waals surface area contributed by atoms with Gasteiger partial charge in [-0.25, -0.2) is 4.39 Å². The van der Waals surface area contributed by atoms with Gasteiger partial charge in [0.1, 0.15) is 5.82 Å². The Morgan fingerprint density at radius 2 is 2.10 bits per heavy atom. The lowest BCUT2D eigenvalue weighted by Gasteiger charge is -2.14. The minimum Gasteiger partial charge on any atom is -0.360 e. The van der Waals surface area contributed by atoms with Crippen molar-refractivity contribution in [3.05, 3.63) is 53.2 Å². The fraction of sp³-hybridized carbons (Fsp3) is 0.438. The van der Waals surface area contributed by atoms with E-state index in [9.17, 15) is 4.39 Å². The van der Waals surface area contributed by atoms with E-state index in [2.05, 4.69) is 29.2 Å². The molecule has 0 aliphatic carbocycles. The van der Waals surface area contributed by atoms with E-state index in [1.165, 1.54) is 6.07 Å². The minimum atomic E-state index is -0.206. The highest BCUT2D eigenvalue weighted by molar-refractivity contribution is 5.16. The van der Waals surface area contributed by atoms with Gasteiger partial charge in [-0.05, 0) is 24.7 Å². The van der Waals surface area contributed by atoms with Gasteiger partial charge >= 0.3 is 0 Å². The quantitative estimate of drug-likeness (QED) is 0.851. The Labute approximate surface area is 124 Å². The van der Waals surface area contributed by atoms with E-state index in [1.54, 1.807) is 12.1 Å². The van der Waals surface area contributed by atoms with Crippen molar-refractivity contribution in [2.24, 2.45) is 0 Å². The summed E-state index contributed by atoms with van der Waals surface area (Å²) in [6.45, 7) is 6.19. The van der Waals surface area contributed by atoms with Crippen molar-refractivity contribution >= 4 is 0 Å². The number of nitrogens with zero attached hydrogens (tertiary/aromatic N) is 2. The van der Waals surface area contributed by atoms with E-state index in [4.69, 9.17) is 4.52 Å². The summed E-state index contributed by atoms with van der Waals surface area (Å²) in [4.78, 5) is 2.06. The smallest absolute Gasteiger partial charge is 0.151 e. The largest absolute Gasteiger partial charge is 0.360 e. The first-order chi connectivity index (χ1) is 10.0. The molecule has 1 aromatic heterocycles. The van der Waals surface area contributed by atoms with Crippen LogP contribution in [0.25, 0.3) is 0 Å². The van der Waals surface area contributed by atoms with Gasteiger partial charge in [0.05, 0.1) is 12.2 Å². The van der Waals surface area contributed by atoms with Crippen molar-refractivity contribution in [2.45, 2.75) is 39.5 Å².